The van der Waals surface area contributed by atoms with E-state index in [2.05, 4.69) is 5.32 Å². The molecule has 0 saturated heterocycles. The van der Waals surface area contributed by atoms with Crippen LogP contribution in [-0.2, 0) is 4.79 Å². The Hall–Kier alpha value is -1.98. The van der Waals surface area contributed by atoms with Gasteiger partial charge in [-0.2, -0.15) is 0 Å². The molecule has 24 heavy (non-hydrogen) atoms. The quantitative estimate of drug-likeness (QED) is 0.785. The molecule has 0 aromatic heterocycles. The van der Waals surface area contributed by atoms with Crippen molar-refractivity contribution in [3.05, 3.63) is 59.1 Å². The molecule has 2 rings (SSSR count). The number of amides is 2. The number of rotatable bonds is 6. The summed E-state index contributed by atoms with van der Waals surface area (Å²) in [5.74, 6) is 0.570. The molecule has 126 valence electrons. The SMILES string of the molecule is CN(C)C(=O)c1ccc(NC(=O)CCSc2ccc(Cl)cc2)cc1. The van der Waals surface area contributed by atoms with Crippen molar-refractivity contribution < 1.29 is 9.59 Å². The monoisotopic (exact) mass is 362 g/mol. The minimum atomic E-state index is -0.0627. The molecule has 0 atom stereocenters. The summed E-state index contributed by atoms with van der Waals surface area (Å²) in [7, 11) is 3.41. The van der Waals surface area contributed by atoms with E-state index in [1.807, 2.05) is 24.3 Å². The lowest BCUT2D eigenvalue weighted by Gasteiger charge is -2.11. The van der Waals surface area contributed by atoms with Gasteiger partial charge in [-0.15, -0.1) is 11.8 Å². The molecule has 0 fully saturated rings. The highest BCUT2D eigenvalue weighted by atomic mass is 35.5. The van der Waals surface area contributed by atoms with E-state index < -0.39 is 0 Å². The molecule has 4 nitrogen and oxygen atoms in total. The van der Waals surface area contributed by atoms with E-state index in [-0.39, 0.29) is 11.8 Å². The maximum absolute atomic E-state index is 12.0. The zero-order chi connectivity index (χ0) is 17.5. The van der Waals surface area contributed by atoms with Gasteiger partial charge >= 0.3 is 0 Å². The number of hydrogen-bond donors (Lipinski definition) is 1. The molecule has 0 aliphatic heterocycles. The first-order valence-corrected chi connectivity index (χ1v) is 8.82. The average molecular weight is 363 g/mol. The van der Waals surface area contributed by atoms with Crippen molar-refractivity contribution in [2.24, 2.45) is 0 Å². The standard InChI is InChI=1S/C18H19ClN2O2S/c1-21(2)18(23)13-3-7-15(8-4-13)20-17(22)11-12-24-16-9-5-14(19)6-10-16/h3-10H,11-12H2,1-2H3,(H,20,22). The molecule has 6 heteroatoms. The molecule has 0 heterocycles. The van der Waals surface area contributed by atoms with E-state index in [1.165, 1.54) is 4.90 Å². The second-order valence-corrected chi connectivity index (χ2v) is 6.98. The fourth-order valence-corrected chi connectivity index (χ4v) is 2.95. The highest BCUT2D eigenvalue weighted by Crippen LogP contribution is 2.21. The second-order valence-electron chi connectivity index (χ2n) is 5.38. The summed E-state index contributed by atoms with van der Waals surface area (Å²) >= 11 is 7.45. The first kappa shape index (κ1) is 18.4. The van der Waals surface area contributed by atoms with Crippen LogP contribution in [0.5, 0.6) is 0 Å². The Labute approximate surface area is 151 Å². The number of thioether (sulfide) groups is 1. The third kappa shape index (κ3) is 5.58. The number of hydrogen-bond acceptors (Lipinski definition) is 3. The van der Waals surface area contributed by atoms with Crippen LogP contribution in [0, 0.1) is 0 Å². The van der Waals surface area contributed by atoms with E-state index in [1.54, 1.807) is 50.1 Å². The molecule has 1 N–H and O–H groups in total. The van der Waals surface area contributed by atoms with Gasteiger partial charge in [-0.1, -0.05) is 11.6 Å². The van der Waals surface area contributed by atoms with Gasteiger partial charge in [0.15, 0.2) is 0 Å². The van der Waals surface area contributed by atoms with Crippen LogP contribution in [0.1, 0.15) is 16.8 Å². The highest BCUT2D eigenvalue weighted by Gasteiger charge is 2.08. The Balaban J connectivity index is 1.79. The molecule has 0 radical (unpaired) electrons. The lowest BCUT2D eigenvalue weighted by molar-refractivity contribution is -0.115. The fraction of sp³-hybridized carbons (Fsp3) is 0.222. The van der Waals surface area contributed by atoms with Crippen LogP contribution in [0.15, 0.2) is 53.4 Å². The van der Waals surface area contributed by atoms with Gasteiger partial charge in [0, 0.05) is 47.4 Å². The van der Waals surface area contributed by atoms with Gasteiger partial charge in [0.25, 0.3) is 5.91 Å². The molecular formula is C18H19ClN2O2S. The van der Waals surface area contributed by atoms with Gasteiger partial charge in [-0.3, -0.25) is 9.59 Å². The Kier molecular flexibility index (Phi) is 6.70. The van der Waals surface area contributed by atoms with Gasteiger partial charge in [-0.25, -0.2) is 0 Å². The maximum Gasteiger partial charge on any atom is 0.253 e. The minimum Gasteiger partial charge on any atom is -0.345 e. The predicted molar refractivity (Wildman–Crippen MR) is 99.9 cm³/mol. The third-order valence-corrected chi connectivity index (χ3v) is 4.50. The molecule has 2 amide bonds. The van der Waals surface area contributed by atoms with Crippen LogP contribution in [0.4, 0.5) is 5.69 Å². The van der Waals surface area contributed by atoms with E-state index in [0.29, 0.717) is 28.4 Å². The molecule has 0 unspecified atom stereocenters. The van der Waals surface area contributed by atoms with Gasteiger partial charge in [-0.05, 0) is 48.5 Å². The maximum atomic E-state index is 12.0. The average Bonchev–Trinajstić information content (AvgIpc) is 2.56. The molecule has 0 aliphatic rings. The highest BCUT2D eigenvalue weighted by molar-refractivity contribution is 7.99. The molecular weight excluding hydrogens is 344 g/mol. The van der Waals surface area contributed by atoms with Crippen LogP contribution < -0.4 is 5.32 Å². The number of nitrogens with one attached hydrogen (secondary N) is 1. The minimum absolute atomic E-state index is 0.0526. The number of halogens is 1. The summed E-state index contributed by atoms with van der Waals surface area (Å²) in [6.45, 7) is 0. The number of anilines is 1. The van der Waals surface area contributed by atoms with Gasteiger partial charge in [0.1, 0.15) is 0 Å². The molecule has 0 spiro atoms. The van der Waals surface area contributed by atoms with Crippen LogP contribution in [0.2, 0.25) is 5.02 Å². The van der Waals surface area contributed by atoms with Crippen molar-refractivity contribution in [3.8, 4) is 0 Å². The Morgan fingerprint density at radius 3 is 2.25 bits per heavy atom. The summed E-state index contributed by atoms with van der Waals surface area (Å²) in [4.78, 5) is 26.4. The van der Waals surface area contributed by atoms with Crippen molar-refractivity contribution >= 4 is 40.9 Å². The summed E-state index contributed by atoms with van der Waals surface area (Å²) < 4.78 is 0. The zero-order valence-corrected chi connectivity index (χ0v) is 15.2. The summed E-state index contributed by atoms with van der Waals surface area (Å²) in [5, 5.41) is 3.54. The van der Waals surface area contributed by atoms with E-state index in [9.17, 15) is 9.59 Å². The van der Waals surface area contributed by atoms with Crippen molar-refractivity contribution in [1.82, 2.24) is 4.90 Å². The Morgan fingerprint density at radius 1 is 1.04 bits per heavy atom. The van der Waals surface area contributed by atoms with Crippen molar-refractivity contribution in [3.63, 3.8) is 0 Å². The van der Waals surface area contributed by atoms with Crippen LogP contribution >= 0.6 is 23.4 Å². The number of carbonyl (C=O) groups excluding carboxylic acids is 2. The molecule has 0 bridgehead atoms. The van der Waals surface area contributed by atoms with Crippen molar-refractivity contribution in [2.45, 2.75) is 11.3 Å². The van der Waals surface area contributed by atoms with Gasteiger partial charge in [0.05, 0.1) is 0 Å². The van der Waals surface area contributed by atoms with E-state index in [4.69, 9.17) is 11.6 Å². The van der Waals surface area contributed by atoms with E-state index in [0.717, 1.165) is 4.90 Å². The first-order chi connectivity index (χ1) is 11.5. The van der Waals surface area contributed by atoms with Gasteiger partial charge < -0.3 is 10.2 Å². The van der Waals surface area contributed by atoms with Crippen LogP contribution in [0.25, 0.3) is 0 Å². The largest absolute Gasteiger partial charge is 0.345 e. The second kappa shape index (κ2) is 8.76. The molecule has 2 aromatic rings. The molecule has 2 aromatic carbocycles. The lowest BCUT2D eigenvalue weighted by atomic mass is 10.2. The van der Waals surface area contributed by atoms with Gasteiger partial charge in [0.2, 0.25) is 5.91 Å². The Morgan fingerprint density at radius 2 is 1.67 bits per heavy atom. The molecule has 0 aliphatic carbocycles. The smallest absolute Gasteiger partial charge is 0.253 e. The van der Waals surface area contributed by atoms with Crippen molar-refractivity contribution in [2.75, 3.05) is 25.2 Å². The number of carbonyl (C=O) groups is 2. The van der Waals surface area contributed by atoms with Crippen molar-refractivity contribution in [1.29, 1.82) is 0 Å². The van der Waals surface area contributed by atoms with E-state index >= 15 is 0 Å². The zero-order valence-electron chi connectivity index (χ0n) is 13.6. The topological polar surface area (TPSA) is 49.4 Å². The van der Waals surface area contributed by atoms with Crippen LogP contribution in [-0.4, -0.2) is 36.6 Å². The first-order valence-electron chi connectivity index (χ1n) is 7.45. The predicted octanol–water partition coefficient (Wildman–Crippen LogP) is 4.16. The number of benzene rings is 2. The van der Waals surface area contributed by atoms with Crippen LogP contribution in [0.3, 0.4) is 0 Å². The third-order valence-electron chi connectivity index (χ3n) is 3.23. The lowest BCUT2D eigenvalue weighted by Crippen LogP contribution is -2.21. The Bertz CT molecular complexity index is 700. The summed E-state index contributed by atoms with van der Waals surface area (Å²) in [5.41, 5.74) is 1.28. The number of nitrogens with zero attached hydrogens (tertiary/aromatic N) is 1. The normalized spacial score (nSPS) is 10.3. The summed E-state index contributed by atoms with van der Waals surface area (Å²) in [6.07, 6.45) is 0.408. The summed E-state index contributed by atoms with van der Waals surface area (Å²) in [6, 6.07) is 14.4. The molecule has 0 saturated carbocycles. The fourth-order valence-electron chi connectivity index (χ4n) is 1.97.